The van der Waals surface area contributed by atoms with E-state index in [2.05, 4.69) is 17.1 Å². The molecule has 0 aliphatic carbocycles. The third kappa shape index (κ3) is 7.08. The molecule has 0 rings (SSSR count). The first-order valence-electron chi connectivity index (χ1n) is 4.09. The number of rotatable bonds is 7. The molecule has 0 atom stereocenters. The quantitative estimate of drug-likeness (QED) is 0.132. The number of nitrogens with zero attached hydrogens (tertiary/aromatic N) is 1. The molecule has 0 amide bonds. The Bertz CT molecular complexity index is 145. The molecule has 0 saturated heterocycles. The first-order valence-corrected chi connectivity index (χ1v) is 4.09. The predicted octanol–water partition coefficient (Wildman–Crippen LogP) is 0.679. The molecule has 12 heavy (non-hydrogen) atoms. The molecule has 70 valence electrons. The van der Waals surface area contributed by atoms with Gasteiger partial charge in [-0.3, -0.25) is 0 Å². The zero-order chi connectivity index (χ0) is 9.23. The zero-order valence-corrected chi connectivity index (χ0v) is 7.29. The Labute approximate surface area is 73.1 Å². The van der Waals surface area contributed by atoms with E-state index in [1.54, 1.807) is 0 Å². The lowest BCUT2D eigenvalue weighted by Crippen LogP contribution is -2.19. The van der Waals surface area contributed by atoms with Gasteiger partial charge in [0, 0.05) is 6.42 Å². The summed E-state index contributed by atoms with van der Waals surface area (Å²) in [6, 6.07) is 0. The van der Waals surface area contributed by atoms with E-state index >= 15 is 0 Å². The summed E-state index contributed by atoms with van der Waals surface area (Å²) >= 11 is 0. The van der Waals surface area contributed by atoms with Gasteiger partial charge in [0.05, 0.1) is 0 Å². The molecule has 0 aromatic carbocycles. The SMILES string of the molecule is C=CCCNCCC/C(N)=N\O. The van der Waals surface area contributed by atoms with Gasteiger partial charge in [-0.15, -0.1) is 6.58 Å². The molecule has 0 fully saturated rings. The highest BCUT2D eigenvalue weighted by molar-refractivity contribution is 5.79. The van der Waals surface area contributed by atoms with Crippen LogP contribution in [0.3, 0.4) is 0 Å². The molecule has 0 radical (unpaired) electrons. The van der Waals surface area contributed by atoms with Gasteiger partial charge >= 0.3 is 0 Å². The van der Waals surface area contributed by atoms with Gasteiger partial charge in [-0.25, -0.2) is 0 Å². The summed E-state index contributed by atoms with van der Waals surface area (Å²) in [5.74, 6) is 0.292. The molecule has 0 unspecified atom stereocenters. The van der Waals surface area contributed by atoms with Gasteiger partial charge in [-0.2, -0.15) is 0 Å². The lowest BCUT2D eigenvalue weighted by Gasteiger charge is -2.01. The minimum atomic E-state index is 0.292. The molecule has 0 bridgehead atoms. The van der Waals surface area contributed by atoms with E-state index in [9.17, 15) is 0 Å². The summed E-state index contributed by atoms with van der Waals surface area (Å²) < 4.78 is 0. The Balaban J connectivity index is 3.05. The van der Waals surface area contributed by atoms with Crippen LogP contribution in [0.15, 0.2) is 17.8 Å². The average molecular weight is 171 g/mol. The van der Waals surface area contributed by atoms with Crippen LogP contribution in [0.5, 0.6) is 0 Å². The van der Waals surface area contributed by atoms with E-state index in [1.807, 2.05) is 6.08 Å². The van der Waals surface area contributed by atoms with Gasteiger partial charge in [-0.1, -0.05) is 11.2 Å². The van der Waals surface area contributed by atoms with Crippen molar-refractivity contribution in [3.63, 3.8) is 0 Å². The molecule has 0 aliphatic heterocycles. The minimum Gasteiger partial charge on any atom is -0.409 e. The topological polar surface area (TPSA) is 70.6 Å². The van der Waals surface area contributed by atoms with Crippen LogP contribution in [0.2, 0.25) is 0 Å². The van der Waals surface area contributed by atoms with Crippen LogP contribution in [0.25, 0.3) is 0 Å². The summed E-state index contributed by atoms with van der Waals surface area (Å²) in [5.41, 5.74) is 5.27. The number of amidine groups is 1. The van der Waals surface area contributed by atoms with Gasteiger partial charge in [0.15, 0.2) is 0 Å². The smallest absolute Gasteiger partial charge is 0.139 e. The zero-order valence-electron chi connectivity index (χ0n) is 7.29. The summed E-state index contributed by atoms with van der Waals surface area (Å²) in [5, 5.41) is 14.3. The third-order valence-electron chi connectivity index (χ3n) is 1.44. The van der Waals surface area contributed by atoms with Crippen LogP contribution in [-0.2, 0) is 0 Å². The summed E-state index contributed by atoms with van der Waals surface area (Å²) in [6.07, 6.45) is 4.38. The Kier molecular flexibility index (Phi) is 7.38. The van der Waals surface area contributed by atoms with Crippen LogP contribution in [0.4, 0.5) is 0 Å². The van der Waals surface area contributed by atoms with Gasteiger partial charge < -0.3 is 16.3 Å². The molecule has 0 aromatic heterocycles. The van der Waals surface area contributed by atoms with Crippen molar-refractivity contribution < 1.29 is 5.21 Å². The van der Waals surface area contributed by atoms with Crippen molar-refractivity contribution in [2.45, 2.75) is 19.3 Å². The lowest BCUT2D eigenvalue weighted by atomic mass is 10.3. The number of hydrogen-bond donors (Lipinski definition) is 3. The number of nitrogens with one attached hydrogen (secondary N) is 1. The Morgan fingerprint density at radius 2 is 2.33 bits per heavy atom. The fourth-order valence-electron chi connectivity index (χ4n) is 0.774. The highest BCUT2D eigenvalue weighted by Crippen LogP contribution is 1.86. The van der Waals surface area contributed by atoms with Crippen LogP contribution < -0.4 is 11.1 Å². The van der Waals surface area contributed by atoms with Crippen LogP contribution in [0.1, 0.15) is 19.3 Å². The minimum absolute atomic E-state index is 0.292. The standard InChI is InChI=1S/C8H17N3O/c1-2-3-6-10-7-4-5-8(9)11-12/h2,10,12H,1,3-7H2,(H2,9,11). The molecule has 0 spiro atoms. The molecular weight excluding hydrogens is 154 g/mol. The number of hydrogen-bond acceptors (Lipinski definition) is 3. The molecule has 0 heterocycles. The van der Waals surface area contributed by atoms with E-state index in [1.165, 1.54) is 0 Å². The molecule has 4 nitrogen and oxygen atoms in total. The Hall–Kier alpha value is -1.03. The monoisotopic (exact) mass is 171 g/mol. The molecule has 0 saturated carbocycles. The van der Waals surface area contributed by atoms with Crippen molar-refractivity contribution in [1.29, 1.82) is 0 Å². The first kappa shape index (κ1) is 11.0. The maximum atomic E-state index is 8.20. The second-order valence-electron chi connectivity index (χ2n) is 2.52. The van der Waals surface area contributed by atoms with Crippen molar-refractivity contribution >= 4 is 5.84 Å². The van der Waals surface area contributed by atoms with Crippen molar-refractivity contribution in [2.75, 3.05) is 13.1 Å². The Morgan fingerprint density at radius 3 is 2.92 bits per heavy atom. The highest BCUT2D eigenvalue weighted by Gasteiger charge is 1.91. The first-order chi connectivity index (χ1) is 5.81. The van der Waals surface area contributed by atoms with Crippen molar-refractivity contribution in [3.05, 3.63) is 12.7 Å². The maximum absolute atomic E-state index is 8.20. The van der Waals surface area contributed by atoms with E-state index < -0.39 is 0 Å². The summed E-state index contributed by atoms with van der Waals surface area (Å²) in [4.78, 5) is 0. The van der Waals surface area contributed by atoms with Crippen molar-refractivity contribution in [2.24, 2.45) is 10.9 Å². The molecule has 0 aromatic rings. The second-order valence-corrected chi connectivity index (χ2v) is 2.52. The highest BCUT2D eigenvalue weighted by atomic mass is 16.4. The van der Waals surface area contributed by atoms with E-state index in [4.69, 9.17) is 10.9 Å². The van der Waals surface area contributed by atoms with Gasteiger partial charge in [0.25, 0.3) is 0 Å². The van der Waals surface area contributed by atoms with Gasteiger partial charge in [-0.05, 0) is 25.9 Å². The third-order valence-corrected chi connectivity index (χ3v) is 1.44. The normalized spacial score (nSPS) is 11.5. The predicted molar refractivity (Wildman–Crippen MR) is 50.3 cm³/mol. The van der Waals surface area contributed by atoms with Crippen LogP contribution in [-0.4, -0.2) is 24.1 Å². The maximum Gasteiger partial charge on any atom is 0.139 e. The molecule has 0 aliphatic rings. The lowest BCUT2D eigenvalue weighted by molar-refractivity contribution is 0.316. The van der Waals surface area contributed by atoms with Crippen LogP contribution >= 0.6 is 0 Å². The van der Waals surface area contributed by atoms with Gasteiger partial charge in [0.2, 0.25) is 0 Å². The number of oxime groups is 1. The summed E-state index contributed by atoms with van der Waals surface area (Å²) in [6.45, 7) is 5.44. The van der Waals surface area contributed by atoms with Crippen molar-refractivity contribution in [1.82, 2.24) is 5.32 Å². The van der Waals surface area contributed by atoms with Crippen molar-refractivity contribution in [3.8, 4) is 0 Å². The summed E-state index contributed by atoms with van der Waals surface area (Å²) in [7, 11) is 0. The fourth-order valence-corrected chi connectivity index (χ4v) is 0.774. The van der Waals surface area contributed by atoms with E-state index in [0.29, 0.717) is 12.3 Å². The van der Waals surface area contributed by atoms with E-state index in [0.717, 1.165) is 25.9 Å². The van der Waals surface area contributed by atoms with Gasteiger partial charge in [0.1, 0.15) is 5.84 Å². The van der Waals surface area contributed by atoms with E-state index in [-0.39, 0.29) is 0 Å². The average Bonchev–Trinajstić information content (AvgIpc) is 2.10. The largest absolute Gasteiger partial charge is 0.409 e. The Morgan fingerprint density at radius 1 is 1.58 bits per heavy atom. The molecular formula is C8H17N3O. The van der Waals surface area contributed by atoms with Crippen LogP contribution in [0, 0.1) is 0 Å². The molecule has 4 heteroatoms. The number of nitrogens with two attached hydrogens (primary N) is 1. The molecule has 4 N–H and O–H groups in total. The second kappa shape index (κ2) is 8.07. The fraction of sp³-hybridized carbons (Fsp3) is 0.625.